The van der Waals surface area contributed by atoms with Crippen LogP contribution in [0.15, 0.2) is 53.2 Å². The third-order valence-electron chi connectivity index (χ3n) is 2.63. The minimum atomic E-state index is 0.899. The van der Waals surface area contributed by atoms with Crippen LogP contribution >= 0.6 is 0 Å². The lowest BCUT2D eigenvalue weighted by atomic mass is 10.0. The van der Waals surface area contributed by atoms with Gasteiger partial charge in [-0.1, -0.05) is 23.8 Å². The molecule has 2 heteroatoms. The molecule has 0 N–H and O–H groups in total. The second-order valence-electron chi connectivity index (χ2n) is 3.71. The van der Waals surface area contributed by atoms with Gasteiger partial charge in [0.1, 0.15) is 5.75 Å². The molecule has 2 nitrogen and oxygen atoms in total. The molecule has 0 heterocycles. The summed E-state index contributed by atoms with van der Waals surface area (Å²) in [5, 5.41) is 0. The van der Waals surface area contributed by atoms with E-state index in [-0.39, 0.29) is 0 Å². The van der Waals surface area contributed by atoms with Crippen LogP contribution in [0.2, 0.25) is 0 Å². The number of ether oxygens (including phenoxy) is 1. The van der Waals surface area contributed by atoms with E-state index >= 15 is 0 Å². The first kappa shape index (κ1) is 13.2. The van der Waals surface area contributed by atoms with Crippen molar-refractivity contribution in [1.82, 2.24) is 0 Å². The number of hydrogen-bond acceptors (Lipinski definition) is 2. The summed E-state index contributed by atoms with van der Waals surface area (Å²) in [6, 6.07) is 8.18. The zero-order chi connectivity index (χ0) is 12.5. The maximum absolute atomic E-state index is 5.13. The predicted octanol–water partition coefficient (Wildman–Crippen LogP) is 3.79. The molecule has 0 saturated carbocycles. The van der Waals surface area contributed by atoms with Crippen LogP contribution in [0.5, 0.6) is 5.75 Å². The molecule has 17 heavy (non-hydrogen) atoms. The summed E-state index contributed by atoms with van der Waals surface area (Å²) in [5.74, 6) is 0.899. The fourth-order valence-electron chi connectivity index (χ4n) is 1.55. The Bertz CT molecular complexity index is 401. The number of methoxy groups -OCH3 is 1. The minimum Gasteiger partial charge on any atom is -0.497 e. The van der Waals surface area contributed by atoms with E-state index in [1.165, 1.54) is 11.1 Å². The highest BCUT2D eigenvalue weighted by Gasteiger charge is 1.96. The van der Waals surface area contributed by atoms with Gasteiger partial charge >= 0.3 is 0 Å². The summed E-state index contributed by atoms with van der Waals surface area (Å²) >= 11 is 0. The molecule has 0 aliphatic heterocycles. The van der Waals surface area contributed by atoms with Crippen LogP contribution in [0.25, 0.3) is 0 Å². The second kappa shape index (κ2) is 7.44. The first-order valence-electron chi connectivity index (χ1n) is 5.70. The molecule has 0 fully saturated rings. The number of hydrogen-bond donors (Lipinski definition) is 0. The smallest absolute Gasteiger partial charge is 0.118 e. The summed E-state index contributed by atoms with van der Waals surface area (Å²) in [4.78, 5) is 3.71. The predicted molar refractivity (Wildman–Crippen MR) is 73.8 cm³/mol. The van der Waals surface area contributed by atoms with E-state index in [1.54, 1.807) is 13.3 Å². The van der Waals surface area contributed by atoms with Crippen LogP contribution in [0, 0.1) is 0 Å². The van der Waals surface area contributed by atoms with Crippen molar-refractivity contribution in [3.63, 3.8) is 0 Å². The number of nitrogens with zero attached hydrogens (tertiary/aromatic N) is 1. The van der Waals surface area contributed by atoms with E-state index in [1.807, 2.05) is 25.1 Å². The number of rotatable bonds is 6. The Labute approximate surface area is 103 Å². The van der Waals surface area contributed by atoms with E-state index in [2.05, 4.69) is 29.9 Å². The summed E-state index contributed by atoms with van der Waals surface area (Å²) in [5.41, 5.74) is 2.58. The third-order valence-corrected chi connectivity index (χ3v) is 2.63. The molecular weight excluding hydrogens is 210 g/mol. The van der Waals surface area contributed by atoms with Crippen molar-refractivity contribution < 1.29 is 4.74 Å². The highest BCUT2D eigenvalue weighted by atomic mass is 16.5. The van der Waals surface area contributed by atoms with Crippen molar-refractivity contribution in [2.45, 2.75) is 19.8 Å². The normalized spacial score (nSPS) is 11.8. The first-order valence-corrected chi connectivity index (χ1v) is 5.70. The van der Waals surface area contributed by atoms with Crippen molar-refractivity contribution in [2.75, 3.05) is 7.11 Å². The summed E-state index contributed by atoms with van der Waals surface area (Å²) in [6.45, 7) is 5.46. The van der Waals surface area contributed by atoms with Gasteiger partial charge in [-0.15, -0.1) is 0 Å². The molecular formula is C15H19NO. The molecule has 1 aromatic carbocycles. The molecule has 90 valence electrons. The van der Waals surface area contributed by atoms with E-state index in [9.17, 15) is 0 Å². The Morgan fingerprint density at radius 3 is 2.59 bits per heavy atom. The maximum atomic E-state index is 5.13. The minimum absolute atomic E-state index is 0.899. The molecule has 0 saturated heterocycles. The van der Waals surface area contributed by atoms with Crippen molar-refractivity contribution in [2.24, 2.45) is 4.99 Å². The molecule has 0 amide bonds. The van der Waals surface area contributed by atoms with E-state index in [0.29, 0.717) is 0 Å². The molecule has 0 spiro atoms. The van der Waals surface area contributed by atoms with Gasteiger partial charge in [0.15, 0.2) is 0 Å². The largest absolute Gasteiger partial charge is 0.497 e. The van der Waals surface area contributed by atoms with E-state index in [4.69, 9.17) is 4.74 Å². The van der Waals surface area contributed by atoms with Crippen LogP contribution in [-0.2, 0) is 6.42 Å². The van der Waals surface area contributed by atoms with Gasteiger partial charge in [0, 0.05) is 6.20 Å². The fraction of sp³-hybridized carbons (Fsp3) is 0.267. The van der Waals surface area contributed by atoms with Crippen molar-refractivity contribution in [3.8, 4) is 5.75 Å². The Balaban J connectivity index is 2.54. The van der Waals surface area contributed by atoms with Crippen LogP contribution in [0.4, 0.5) is 0 Å². The average Bonchev–Trinajstić information content (AvgIpc) is 2.39. The number of benzene rings is 1. The van der Waals surface area contributed by atoms with Gasteiger partial charge in [0.2, 0.25) is 0 Å². The lowest BCUT2D eigenvalue weighted by molar-refractivity contribution is 0.414. The number of aliphatic imine (C=N–C) groups is 1. The van der Waals surface area contributed by atoms with Crippen LogP contribution < -0.4 is 4.74 Å². The molecule has 0 aromatic heterocycles. The fourth-order valence-corrected chi connectivity index (χ4v) is 1.55. The molecule has 0 bridgehead atoms. The molecule has 0 atom stereocenters. The Hall–Kier alpha value is -1.83. The Morgan fingerprint density at radius 1 is 1.35 bits per heavy atom. The molecule has 0 aliphatic rings. The van der Waals surface area contributed by atoms with Crippen molar-refractivity contribution >= 4 is 6.72 Å². The van der Waals surface area contributed by atoms with Gasteiger partial charge < -0.3 is 4.74 Å². The molecule has 0 radical (unpaired) electrons. The average molecular weight is 229 g/mol. The molecule has 0 aliphatic carbocycles. The number of allylic oxidation sites excluding steroid dienone is 3. The van der Waals surface area contributed by atoms with Crippen LogP contribution in [0.1, 0.15) is 18.9 Å². The zero-order valence-corrected chi connectivity index (χ0v) is 10.5. The third kappa shape index (κ3) is 4.68. The topological polar surface area (TPSA) is 21.6 Å². The highest BCUT2D eigenvalue weighted by Crippen LogP contribution is 2.15. The standard InChI is InChI=1S/C15H19NO/c1-4-13(11-12-16-2)5-6-14-7-9-15(17-3)10-8-14/h4,7-12H,2,5-6H2,1,3H3/b12-11-,13-4-. The lowest BCUT2D eigenvalue weighted by Crippen LogP contribution is -1.88. The molecule has 0 unspecified atom stereocenters. The summed E-state index contributed by atoms with van der Waals surface area (Å²) in [7, 11) is 1.68. The first-order chi connectivity index (χ1) is 8.30. The molecule has 1 rings (SSSR count). The highest BCUT2D eigenvalue weighted by molar-refractivity contribution is 5.30. The van der Waals surface area contributed by atoms with Crippen LogP contribution in [0.3, 0.4) is 0 Å². The van der Waals surface area contributed by atoms with E-state index < -0.39 is 0 Å². The molecule has 1 aromatic rings. The van der Waals surface area contributed by atoms with Crippen LogP contribution in [-0.4, -0.2) is 13.8 Å². The summed E-state index contributed by atoms with van der Waals surface area (Å²) in [6.07, 6.45) is 7.85. The SMILES string of the molecule is C=N/C=C\C(=C/C)CCc1ccc(OC)cc1. The van der Waals surface area contributed by atoms with Gasteiger partial charge in [-0.2, -0.15) is 0 Å². The maximum Gasteiger partial charge on any atom is 0.118 e. The second-order valence-corrected chi connectivity index (χ2v) is 3.71. The number of aryl methyl sites for hydroxylation is 1. The summed E-state index contributed by atoms with van der Waals surface area (Å²) < 4.78 is 5.13. The lowest BCUT2D eigenvalue weighted by Gasteiger charge is -2.04. The zero-order valence-electron chi connectivity index (χ0n) is 10.5. The quantitative estimate of drug-likeness (QED) is 0.537. The Morgan fingerprint density at radius 2 is 2.06 bits per heavy atom. The van der Waals surface area contributed by atoms with E-state index in [0.717, 1.165) is 18.6 Å². The Kier molecular flexibility index (Phi) is 5.80. The van der Waals surface area contributed by atoms with Gasteiger partial charge in [0.25, 0.3) is 0 Å². The van der Waals surface area contributed by atoms with Gasteiger partial charge in [0.05, 0.1) is 7.11 Å². The van der Waals surface area contributed by atoms with Gasteiger partial charge in [-0.25, -0.2) is 0 Å². The van der Waals surface area contributed by atoms with Crippen molar-refractivity contribution in [3.05, 3.63) is 53.8 Å². The van der Waals surface area contributed by atoms with Crippen molar-refractivity contribution in [1.29, 1.82) is 0 Å². The van der Waals surface area contributed by atoms with Gasteiger partial charge in [-0.3, -0.25) is 4.99 Å². The monoisotopic (exact) mass is 229 g/mol. The van der Waals surface area contributed by atoms with Gasteiger partial charge in [-0.05, 0) is 50.3 Å².